The molecule has 8 heteroatoms. The van der Waals surface area contributed by atoms with Crippen molar-refractivity contribution >= 4 is 11.7 Å². The van der Waals surface area contributed by atoms with Gasteiger partial charge < -0.3 is 11.1 Å². The van der Waals surface area contributed by atoms with Gasteiger partial charge in [-0.2, -0.15) is 18.3 Å². The average Bonchev–Trinajstić information content (AvgIpc) is 3.25. The van der Waals surface area contributed by atoms with Crippen LogP contribution in [0.4, 0.5) is 19.0 Å². The predicted molar refractivity (Wildman–Crippen MR) is 130 cm³/mol. The highest BCUT2D eigenvalue weighted by atomic mass is 19.4. The molecule has 4 aromatic rings. The summed E-state index contributed by atoms with van der Waals surface area (Å²) in [5, 5.41) is 7.29. The number of rotatable bonds is 8. The number of halogens is 3. The molecule has 180 valence electrons. The fourth-order valence-corrected chi connectivity index (χ4v) is 3.76. The van der Waals surface area contributed by atoms with E-state index in [1.165, 1.54) is 22.4 Å². The van der Waals surface area contributed by atoms with Crippen LogP contribution in [0, 0.1) is 0 Å². The van der Waals surface area contributed by atoms with E-state index in [0.29, 0.717) is 29.1 Å². The van der Waals surface area contributed by atoms with Crippen LogP contribution in [0.3, 0.4) is 0 Å². The Morgan fingerprint density at radius 3 is 2.37 bits per heavy atom. The maximum atomic E-state index is 13.0. The van der Waals surface area contributed by atoms with Crippen molar-refractivity contribution in [2.24, 2.45) is 0 Å². The lowest BCUT2D eigenvalue weighted by Crippen LogP contribution is -2.24. The van der Waals surface area contributed by atoms with Crippen molar-refractivity contribution < 1.29 is 18.0 Å². The van der Waals surface area contributed by atoms with Gasteiger partial charge in [-0.3, -0.25) is 4.79 Å². The molecule has 0 atom stereocenters. The zero-order chi connectivity index (χ0) is 24.8. The molecule has 5 nitrogen and oxygen atoms in total. The molecule has 0 radical (unpaired) electrons. The Morgan fingerprint density at radius 2 is 1.66 bits per heavy atom. The van der Waals surface area contributed by atoms with Gasteiger partial charge in [-0.25, -0.2) is 4.68 Å². The number of aryl methyl sites for hydroxylation is 1. The molecule has 1 amide bonds. The van der Waals surface area contributed by atoms with Crippen molar-refractivity contribution in [3.05, 3.63) is 102 Å². The summed E-state index contributed by atoms with van der Waals surface area (Å²) in [5.74, 6) is 0.0994. The lowest BCUT2D eigenvalue weighted by molar-refractivity contribution is -0.137. The first kappa shape index (κ1) is 24.1. The Hall–Kier alpha value is -4.07. The fraction of sp³-hybridized carbons (Fsp3) is 0.185. The fourth-order valence-electron chi connectivity index (χ4n) is 3.76. The monoisotopic (exact) mass is 478 g/mol. The molecule has 0 fully saturated rings. The van der Waals surface area contributed by atoms with Gasteiger partial charge in [0, 0.05) is 23.7 Å². The summed E-state index contributed by atoms with van der Waals surface area (Å²) < 4.78 is 40.6. The van der Waals surface area contributed by atoms with Gasteiger partial charge in [0.25, 0.3) is 5.91 Å². The summed E-state index contributed by atoms with van der Waals surface area (Å²) in [6.45, 7) is 0.583. The molecule has 4 rings (SSSR count). The van der Waals surface area contributed by atoms with Crippen molar-refractivity contribution in [1.82, 2.24) is 15.1 Å². The third-order valence-electron chi connectivity index (χ3n) is 5.62. The van der Waals surface area contributed by atoms with E-state index in [9.17, 15) is 18.0 Å². The number of aromatic nitrogens is 2. The maximum absolute atomic E-state index is 13.0. The Kier molecular flexibility index (Phi) is 7.19. The summed E-state index contributed by atoms with van der Waals surface area (Å²) in [4.78, 5) is 12.4. The second-order valence-electron chi connectivity index (χ2n) is 8.19. The van der Waals surface area contributed by atoms with Crippen LogP contribution in [0.25, 0.3) is 16.9 Å². The van der Waals surface area contributed by atoms with Crippen LogP contribution in [-0.4, -0.2) is 22.2 Å². The number of unbranched alkanes of at least 4 members (excludes halogenated alkanes) is 1. The number of hydrogen-bond donors (Lipinski definition) is 2. The molecule has 0 bridgehead atoms. The minimum Gasteiger partial charge on any atom is -0.384 e. The molecule has 0 saturated heterocycles. The van der Waals surface area contributed by atoms with Gasteiger partial charge in [0.15, 0.2) is 0 Å². The molecule has 0 aliphatic carbocycles. The summed E-state index contributed by atoms with van der Waals surface area (Å²) in [6.07, 6.45) is -1.61. The van der Waals surface area contributed by atoms with E-state index in [1.807, 2.05) is 18.2 Å². The number of anilines is 1. The molecule has 0 spiro atoms. The lowest BCUT2D eigenvalue weighted by Gasteiger charge is -2.08. The van der Waals surface area contributed by atoms with Crippen molar-refractivity contribution in [2.45, 2.75) is 25.4 Å². The molecule has 0 saturated carbocycles. The predicted octanol–water partition coefficient (Wildman–Crippen LogP) is 5.89. The highest BCUT2D eigenvalue weighted by molar-refractivity contribution is 5.94. The minimum absolute atomic E-state index is 0.172. The summed E-state index contributed by atoms with van der Waals surface area (Å²) in [5.41, 5.74) is 8.33. The van der Waals surface area contributed by atoms with Crippen LogP contribution in [0.5, 0.6) is 0 Å². The van der Waals surface area contributed by atoms with E-state index < -0.39 is 11.7 Å². The second kappa shape index (κ2) is 10.5. The Labute approximate surface area is 201 Å². The molecule has 1 heterocycles. The Bertz CT molecular complexity index is 1280. The van der Waals surface area contributed by atoms with Crippen LogP contribution in [-0.2, 0) is 12.6 Å². The molecule has 3 N–H and O–H groups in total. The summed E-state index contributed by atoms with van der Waals surface area (Å²) in [7, 11) is 0. The lowest BCUT2D eigenvalue weighted by atomic mass is 10.1. The normalized spacial score (nSPS) is 11.4. The molecule has 3 aromatic carbocycles. The molecule has 35 heavy (non-hydrogen) atoms. The van der Waals surface area contributed by atoms with Crippen LogP contribution in [0.15, 0.2) is 84.9 Å². The molecular formula is C27H25F3N4O. The van der Waals surface area contributed by atoms with E-state index in [4.69, 9.17) is 5.73 Å². The number of carbonyl (C=O) groups excluding carboxylic acids is 1. The first-order chi connectivity index (χ1) is 16.8. The number of nitrogen functional groups attached to an aromatic ring is 1. The van der Waals surface area contributed by atoms with E-state index in [0.717, 1.165) is 31.4 Å². The smallest absolute Gasteiger partial charge is 0.384 e. The number of nitrogens with zero attached hydrogens (tertiary/aromatic N) is 2. The van der Waals surface area contributed by atoms with E-state index in [-0.39, 0.29) is 11.7 Å². The quantitative estimate of drug-likeness (QED) is 0.310. The van der Waals surface area contributed by atoms with Gasteiger partial charge in [-0.05, 0) is 61.2 Å². The van der Waals surface area contributed by atoms with Gasteiger partial charge in [-0.15, -0.1) is 0 Å². The van der Waals surface area contributed by atoms with Gasteiger partial charge in [0.2, 0.25) is 0 Å². The summed E-state index contributed by atoms with van der Waals surface area (Å²) >= 11 is 0. The Morgan fingerprint density at radius 1 is 0.914 bits per heavy atom. The Balaban J connectivity index is 1.36. The number of hydrogen-bond acceptors (Lipinski definition) is 3. The van der Waals surface area contributed by atoms with Gasteiger partial charge in [-0.1, -0.05) is 42.5 Å². The maximum Gasteiger partial charge on any atom is 0.416 e. The molecule has 0 aliphatic heterocycles. The van der Waals surface area contributed by atoms with Crippen LogP contribution >= 0.6 is 0 Å². The average molecular weight is 479 g/mol. The molecule has 0 aliphatic rings. The van der Waals surface area contributed by atoms with Crippen molar-refractivity contribution in [1.29, 1.82) is 0 Å². The van der Waals surface area contributed by atoms with Gasteiger partial charge in [0.05, 0.1) is 16.9 Å². The largest absolute Gasteiger partial charge is 0.416 e. The molecular weight excluding hydrogens is 453 g/mol. The zero-order valence-corrected chi connectivity index (χ0v) is 18.9. The highest BCUT2D eigenvalue weighted by Crippen LogP contribution is 2.32. The van der Waals surface area contributed by atoms with Crippen LogP contribution in [0.2, 0.25) is 0 Å². The van der Waals surface area contributed by atoms with Crippen molar-refractivity contribution in [2.75, 3.05) is 12.3 Å². The third kappa shape index (κ3) is 6.09. The van der Waals surface area contributed by atoms with E-state index in [1.54, 1.807) is 30.3 Å². The minimum atomic E-state index is -4.44. The number of amides is 1. The van der Waals surface area contributed by atoms with Crippen molar-refractivity contribution in [3.8, 4) is 16.9 Å². The third-order valence-corrected chi connectivity index (χ3v) is 5.62. The number of benzene rings is 3. The topological polar surface area (TPSA) is 72.9 Å². The number of nitrogens with one attached hydrogen (secondary N) is 1. The van der Waals surface area contributed by atoms with Crippen LogP contribution in [0.1, 0.15) is 34.3 Å². The standard InChI is InChI=1S/C27H25F3N4O/c28-27(29,30)22-11-6-10-21(17-22)24-18-25(31)34(33-24)23-14-12-20(13-15-23)26(35)32-16-5-4-9-19-7-2-1-3-8-19/h1-3,6-8,10-15,17-18H,4-5,9,16,31H2,(H,32,35). The van der Waals surface area contributed by atoms with Crippen LogP contribution < -0.4 is 11.1 Å². The summed E-state index contributed by atoms with van der Waals surface area (Å²) in [6, 6.07) is 23.4. The van der Waals surface area contributed by atoms with E-state index in [2.05, 4.69) is 22.5 Å². The first-order valence-corrected chi connectivity index (χ1v) is 11.3. The number of alkyl halides is 3. The number of nitrogens with two attached hydrogens (primary N) is 1. The molecule has 1 aromatic heterocycles. The highest BCUT2D eigenvalue weighted by Gasteiger charge is 2.30. The second-order valence-corrected chi connectivity index (χ2v) is 8.19. The zero-order valence-electron chi connectivity index (χ0n) is 18.9. The number of carbonyl (C=O) groups is 1. The van der Waals surface area contributed by atoms with E-state index >= 15 is 0 Å². The SMILES string of the molecule is Nc1cc(-c2cccc(C(F)(F)F)c2)nn1-c1ccc(C(=O)NCCCCc2ccccc2)cc1. The first-order valence-electron chi connectivity index (χ1n) is 11.3. The van der Waals surface area contributed by atoms with Gasteiger partial charge >= 0.3 is 6.18 Å². The van der Waals surface area contributed by atoms with Gasteiger partial charge in [0.1, 0.15) is 5.82 Å². The molecule has 0 unspecified atom stereocenters. The van der Waals surface area contributed by atoms with Crippen molar-refractivity contribution in [3.63, 3.8) is 0 Å².